The number of amides is 2. The zero-order valence-corrected chi connectivity index (χ0v) is 14.4. The Bertz CT molecular complexity index is 519. The molecule has 24 heavy (non-hydrogen) atoms. The average molecular weight is 332 g/mol. The second-order valence-corrected chi connectivity index (χ2v) is 6.37. The molecule has 5 nitrogen and oxygen atoms in total. The molecule has 0 saturated heterocycles. The number of para-hydroxylation sites is 1. The van der Waals surface area contributed by atoms with E-state index < -0.39 is 0 Å². The first-order valence-corrected chi connectivity index (χ1v) is 8.90. The van der Waals surface area contributed by atoms with Gasteiger partial charge in [0.2, 0.25) is 5.91 Å². The van der Waals surface area contributed by atoms with Crippen LogP contribution >= 0.6 is 0 Å². The van der Waals surface area contributed by atoms with Gasteiger partial charge in [0.15, 0.2) is 6.61 Å². The summed E-state index contributed by atoms with van der Waals surface area (Å²) in [7, 11) is 0. The van der Waals surface area contributed by atoms with Crippen molar-refractivity contribution in [1.29, 1.82) is 0 Å². The van der Waals surface area contributed by atoms with Crippen LogP contribution in [0.3, 0.4) is 0 Å². The lowest BCUT2D eigenvalue weighted by atomic mass is 9.79. The summed E-state index contributed by atoms with van der Waals surface area (Å²) in [4.78, 5) is 23.4. The van der Waals surface area contributed by atoms with Gasteiger partial charge in [-0.15, -0.1) is 0 Å². The van der Waals surface area contributed by atoms with E-state index in [1.807, 2.05) is 37.3 Å². The van der Waals surface area contributed by atoms with Crippen molar-refractivity contribution in [2.75, 3.05) is 19.7 Å². The quantitative estimate of drug-likeness (QED) is 0.769. The number of rotatable bonds is 8. The van der Waals surface area contributed by atoms with Gasteiger partial charge in [0, 0.05) is 19.5 Å². The minimum atomic E-state index is -0.0965. The lowest BCUT2D eigenvalue weighted by molar-refractivity contribution is -0.124. The molecule has 2 atom stereocenters. The fourth-order valence-corrected chi connectivity index (χ4v) is 3.15. The van der Waals surface area contributed by atoms with Gasteiger partial charge >= 0.3 is 0 Å². The topological polar surface area (TPSA) is 67.4 Å². The van der Waals surface area contributed by atoms with Crippen LogP contribution in [0.25, 0.3) is 0 Å². The third-order valence-electron chi connectivity index (χ3n) is 4.62. The van der Waals surface area contributed by atoms with E-state index in [9.17, 15) is 9.59 Å². The zero-order valence-electron chi connectivity index (χ0n) is 14.4. The van der Waals surface area contributed by atoms with Gasteiger partial charge in [-0.1, -0.05) is 38.0 Å². The molecule has 0 bridgehead atoms. The number of hydrogen-bond donors (Lipinski definition) is 2. The van der Waals surface area contributed by atoms with Crippen LogP contribution in [-0.4, -0.2) is 31.5 Å². The van der Waals surface area contributed by atoms with Gasteiger partial charge in [0.05, 0.1) is 0 Å². The maximum absolute atomic E-state index is 12.0. The van der Waals surface area contributed by atoms with Crippen molar-refractivity contribution in [1.82, 2.24) is 10.6 Å². The van der Waals surface area contributed by atoms with Crippen molar-refractivity contribution < 1.29 is 14.3 Å². The van der Waals surface area contributed by atoms with Gasteiger partial charge in [0.25, 0.3) is 5.91 Å². The largest absolute Gasteiger partial charge is 0.484 e. The molecule has 0 radical (unpaired) electrons. The van der Waals surface area contributed by atoms with Crippen LogP contribution in [-0.2, 0) is 9.59 Å². The van der Waals surface area contributed by atoms with Crippen LogP contribution < -0.4 is 15.4 Å². The molecule has 132 valence electrons. The van der Waals surface area contributed by atoms with E-state index in [0.29, 0.717) is 37.1 Å². The van der Waals surface area contributed by atoms with Crippen molar-refractivity contribution in [3.8, 4) is 5.75 Å². The first-order chi connectivity index (χ1) is 11.7. The predicted octanol–water partition coefficient (Wildman–Crippen LogP) is 2.51. The van der Waals surface area contributed by atoms with Gasteiger partial charge in [-0.2, -0.15) is 0 Å². The monoisotopic (exact) mass is 332 g/mol. The predicted molar refractivity (Wildman–Crippen MR) is 93.7 cm³/mol. The van der Waals surface area contributed by atoms with E-state index in [0.717, 1.165) is 12.8 Å². The number of nitrogens with one attached hydrogen (secondary N) is 2. The Morgan fingerprint density at radius 2 is 1.58 bits per heavy atom. The van der Waals surface area contributed by atoms with Gasteiger partial charge in [-0.3, -0.25) is 9.59 Å². The minimum Gasteiger partial charge on any atom is -0.484 e. The van der Waals surface area contributed by atoms with Crippen LogP contribution in [0.1, 0.15) is 39.0 Å². The van der Waals surface area contributed by atoms with Crippen LogP contribution in [0.15, 0.2) is 30.3 Å². The third kappa shape index (κ3) is 6.22. The summed E-state index contributed by atoms with van der Waals surface area (Å²) in [5, 5.41) is 5.97. The van der Waals surface area contributed by atoms with Gasteiger partial charge in [-0.05, 0) is 36.8 Å². The highest BCUT2D eigenvalue weighted by Crippen LogP contribution is 2.29. The number of hydrogen-bond acceptors (Lipinski definition) is 3. The summed E-state index contributed by atoms with van der Waals surface area (Å²) in [5.74, 6) is 1.58. The number of carbonyl (C=O) groups excluding carboxylic acids is 2. The lowest BCUT2D eigenvalue weighted by Gasteiger charge is -2.31. The van der Waals surface area contributed by atoms with Crippen LogP contribution in [0.4, 0.5) is 0 Å². The van der Waals surface area contributed by atoms with Crippen molar-refractivity contribution in [3.05, 3.63) is 30.3 Å². The Morgan fingerprint density at radius 1 is 1.00 bits per heavy atom. The number of benzene rings is 1. The molecule has 2 N–H and O–H groups in total. The Hall–Kier alpha value is -2.04. The zero-order chi connectivity index (χ0) is 17.2. The fourth-order valence-electron chi connectivity index (χ4n) is 3.15. The molecule has 2 unspecified atom stereocenters. The molecule has 1 aromatic carbocycles. The van der Waals surface area contributed by atoms with E-state index in [-0.39, 0.29) is 18.4 Å². The molecule has 2 rings (SSSR count). The van der Waals surface area contributed by atoms with Crippen molar-refractivity contribution in [2.45, 2.75) is 39.0 Å². The average Bonchev–Trinajstić information content (AvgIpc) is 2.64. The molecule has 5 heteroatoms. The summed E-state index contributed by atoms with van der Waals surface area (Å²) in [6, 6.07) is 9.34. The van der Waals surface area contributed by atoms with E-state index >= 15 is 0 Å². The van der Waals surface area contributed by atoms with E-state index in [2.05, 4.69) is 10.6 Å². The number of ether oxygens (including phenoxy) is 1. The maximum atomic E-state index is 12.0. The molecule has 1 aliphatic carbocycles. The number of carbonyl (C=O) groups is 2. The SMILES string of the molecule is CCC(=O)NCC1CCCCC1CNC(=O)COc1ccccc1. The summed E-state index contributed by atoms with van der Waals surface area (Å²) >= 11 is 0. The molecular formula is C19H28N2O3. The molecule has 0 aliphatic heterocycles. The Kier molecular flexibility index (Phi) is 7.59. The Balaban J connectivity index is 1.71. The summed E-state index contributed by atoms with van der Waals surface area (Å²) < 4.78 is 5.46. The van der Waals surface area contributed by atoms with E-state index in [1.165, 1.54) is 12.8 Å². The molecule has 0 spiro atoms. The van der Waals surface area contributed by atoms with Crippen molar-refractivity contribution in [2.24, 2.45) is 11.8 Å². The summed E-state index contributed by atoms with van der Waals surface area (Å²) in [5.41, 5.74) is 0. The van der Waals surface area contributed by atoms with Crippen molar-refractivity contribution >= 4 is 11.8 Å². The summed E-state index contributed by atoms with van der Waals surface area (Å²) in [6.45, 7) is 3.27. The smallest absolute Gasteiger partial charge is 0.257 e. The molecule has 2 amide bonds. The Morgan fingerprint density at radius 3 is 2.17 bits per heavy atom. The maximum Gasteiger partial charge on any atom is 0.257 e. The fraction of sp³-hybridized carbons (Fsp3) is 0.579. The first kappa shape index (κ1) is 18.3. The van der Waals surface area contributed by atoms with Crippen LogP contribution in [0.2, 0.25) is 0 Å². The van der Waals surface area contributed by atoms with Crippen molar-refractivity contribution in [3.63, 3.8) is 0 Å². The van der Waals surface area contributed by atoms with E-state index in [1.54, 1.807) is 0 Å². The summed E-state index contributed by atoms with van der Waals surface area (Å²) in [6.07, 6.45) is 5.13. The first-order valence-electron chi connectivity index (χ1n) is 8.90. The molecule has 1 aromatic rings. The lowest BCUT2D eigenvalue weighted by Crippen LogP contribution is -2.40. The third-order valence-corrected chi connectivity index (χ3v) is 4.62. The van der Waals surface area contributed by atoms with E-state index in [4.69, 9.17) is 4.74 Å². The highest BCUT2D eigenvalue weighted by atomic mass is 16.5. The normalized spacial score (nSPS) is 20.2. The van der Waals surface area contributed by atoms with Crippen LogP contribution in [0.5, 0.6) is 5.75 Å². The second kappa shape index (κ2) is 9.96. The molecule has 0 aromatic heterocycles. The molecule has 0 heterocycles. The molecule has 1 aliphatic rings. The standard InChI is InChI=1S/C19H28N2O3/c1-2-18(22)20-12-15-8-6-7-9-16(15)13-21-19(23)14-24-17-10-4-3-5-11-17/h3-5,10-11,15-16H,2,6-9,12-14H2,1H3,(H,20,22)(H,21,23). The molecule has 1 saturated carbocycles. The van der Waals surface area contributed by atoms with Gasteiger partial charge < -0.3 is 15.4 Å². The Labute approximate surface area is 144 Å². The highest BCUT2D eigenvalue weighted by molar-refractivity contribution is 5.77. The molecule has 1 fully saturated rings. The minimum absolute atomic E-state index is 0.0357. The van der Waals surface area contributed by atoms with Gasteiger partial charge in [-0.25, -0.2) is 0 Å². The highest BCUT2D eigenvalue weighted by Gasteiger charge is 2.25. The molecular weight excluding hydrogens is 304 g/mol. The van der Waals surface area contributed by atoms with Crippen LogP contribution in [0, 0.1) is 11.8 Å². The second-order valence-electron chi connectivity index (χ2n) is 6.37. The van der Waals surface area contributed by atoms with Gasteiger partial charge in [0.1, 0.15) is 5.75 Å².